The SMILES string of the molecule is CN(C(=O)[C@H](Cc1cccc2ccccc12)NC(=O)OC(C)(C)C)C(Cc1cscn1)C(=O)O. The molecule has 0 saturated heterocycles. The zero-order chi connectivity index (χ0) is 24.9. The molecule has 8 nitrogen and oxygen atoms in total. The summed E-state index contributed by atoms with van der Waals surface area (Å²) in [5.74, 6) is -1.67. The van der Waals surface area contributed by atoms with Gasteiger partial charge in [-0.2, -0.15) is 0 Å². The summed E-state index contributed by atoms with van der Waals surface area (Å²) >= 11 is 1.36. The maximum absolute atomic E-state index is 13.5. The van der Waals surface area contributed by atoms with E-state index in [-0.39, 0.29) is 12.8 Å². The molecule has 3 rings (SSSR count). The fraction of sp³-hybridized carbons (Fsp3) is 0.360. The fourth-order valence-electron chi connectivity index (χ4n) is 3.67. The monoisotopic (exact) mass is 483 g/mol. The van der Waals surface area contributed by atoms with E-state index in [0.29, 0.717) is 5.69 Å². The molecule has 2 N–H and O–H groups in total. The van der Waals surface area contributed by atoms with E-state index < -0.39 is 35.7 Å². The highest BCUT2D eigenvalue weighted by molar-refractivity contribution is 7.07. The number of hydrogen-bond acceptors (Lipinski definition) is 6. The number of carboxylic acid groups (broad SMARTS) is 1. The van der Waals surface area contributed by atoms with Crippen LogP contribution in [0, 0.1) is 0 Å². The maximum atomic E-state index is 13.5. The first-order chi connectivity index (χ1) is 16.0. The van der Waals surface area contributed by atoms with Crippen LogP contribution in [-0.2, 0) is 27.2 Å². The van der Waals surface area contributed by atoms with Crippen molar-refractivity contribution in [3.8, 4) is 0 Å². The molecule has 1 heterocycles. The average molecular weight is 484 g/mol. The lowest BCUT2D eigenvalue weighted by molar-refractivity contribution is -0.149. The summed E-state index contributed by atoms with van der Waals surface area (Å²) in [6.07, 6.45) is -0.507. The second-order valence-electron chi connectivity index (χ2n) is 9.03. The van der Waals surface area contributed by atoms with Gasteiger partial charge in [0.05, 0.1) is 11.2 Å². The Kier molecular flexibility index (Phi) is 7.88. The van der Waals surface area contributed by atoms with Crippen LogP contribution < -0.4 is 5.32 Å². The van der Waals surface area contributed by atoms with Gasteiger partial charge >= 0.3 is 12.1 Å². The zero-order valence-electron chi connectivity index (χ0n) is 19.6. The van der Waals surface area contributed by atoms with Gasteiger partial charge in [0.2, 0.25) is 5.91 Å². The first-order valence-corrected chi connectivity index (χ1v) is 11.8. The molecular weight excluding hydrogens is 454 g/mol. The minimum Gasteiger partial charge on any atom is -0.480 e. The van der Waals surface area contributed by atoms with Crippen LogP contribution in [0.15, 0.2) is 53.4 Å². The van der Waals surface area contributed by atoms with Crippen LogP contribution in [0.1, 0.15) is 32.0 Å². The van der Waals surface area contributed by atoms with Crippen molar-refractivity contribution in [2.24, 2.45) is 0 Å². The molecule has 2 amide bonds. The number of benzene rings is 2. The van der Waals surface area contributed by atoms with Gasteiger partial charge in [-0.1, -0.05) is 42.5 Å². The summed E-state index contributed by atoms with van der Waals surface area (Å²) < 4.78 is 5.37. The first kappa shape index (κ1) is 25.2. The van der Waals surface area contributed by atoms with Gasteiger partial charge in [-0.15, -0.1) is 11.3 Å². The van der Waals surface area contributed by atoms with E-state index in [2.05, 4.69) is 10.3 Å². The van der Waals surface area contributed by atoms with Crippen molar-refractivity contribution in [3.05, 3.63) is 64.6 Å². The number of carboxylic acids is 1. The van der Waals surface area contributed by atoms with Gasteiger partial charge < -0.3 is 20.1 Å². The summed E-state index contributed by atoms with van der Waals surface area (Å²) in [5, 5.41) is 16.2. The minimum absolute atomic E-state index is 0.0640. The number of aromatic nitrogens is 1. The number of carbonyl (C=O) groups is 3. The molecule has 3 aromatic rings. The van der Waals surface area contributed by atoms with Gasteiger partial charge in [-0.25, -0.2) is 14.6 Å². The van der Waals surface area contributed by atoms with Crippen LogP contribution in [0.25, 0.3) is 10.8 Å². The number of nitrogens with one attached hydrogen (secondary N) is 1. The molecule has 180 valence electrons. The Balaban J connectivity index is 1.90. The highest BCUT2D eigenvalue weighted by atomic mass is 32.1. The Labute approximate surface area is 202 Å². The minimum atomic E-state index is -1.15. The van der Waals surface area contributed by atoms with Gasteiger partial charge in [-0.05, 0) is 37.1 Å². The van der Waals surface area contributed by atoms with E-state index in [1.165, 1.54) is 18.4 Å². The number of rotatable bonds is 8. The molecule has 0 aliphatic carbocycles. The van der Waals surface area contributed by atoms with E-state index in [9.17, 15) is 19.5 Å². The number of likely N-dealkylation sites (N-methyl/N-ethyl adjacent to an activating group) is 1. The summed E-state index contributed by atoms with van der Waals surface area (Å²) in [4.78, 5) is 43.4. The van der Waals surface area contributed by atoms with Crippen molar-refractivity contribution in [2.45, 2.75) is 51.3 Å². The average Bonchev–Trinajstić information content (AvgIpc) is 3.28. The van der Waals surface area contributed by atoms with Crippen LogP contribution >= 0.6 is 11.3 Å². The van der Waals surface area contributed by atoms with Crippen molar-refractivity contribution in [3.63, 3.8) is 0 Å². The molecule has 1 unspecified atom stereocenters. The van der Waals surface area contributed by atoms with E-state index in [4.69, 9.17) is 4.74 Å². The normalized spacial score (nSPS) is 13.2. The lowest BCUT2D eigenvalue weighted by atomic mass is 9.97. The predicted molar refractivity (Wildman–Crippen MR) is 131 cm³/mol. The summed E-state index contributed by atoms with van der Waals surface area (Å²) in [7, 11) is 1.43. The summed E-state index contributed by atoms with van der Waals surface area (Å²) in [6.45, 7) is 5.19. The highest BCUT2D eigenvalue weighted by Crippen LogP contribution is 2.21. The van der Waals surface area contributed by atoms with Crippen LogP contribution in [0.4, 0.5) is 4.79 Å². The predicted octanol–water partition coefficient (Wildman–Crippen LogP) is 3.89. The van der Waals surface area contributed by atoms with Crippen LogP contribution in [0.2, 0.25) is 0 Å². The molecule has 9 heteroatoms. The van der Waals surface area contributed by atoms with Gasteiger partial charge in [-0.3, -0.25) is 4.79 Å². The topological polar surface area (TPSA) is 109 Å². The fourth-order valence-corrected chi connectivity index (χ4v) is 4.24. The van der Waals surface area contributed by atoms with Crippen LogP contribution in [-0.4, -0.2) is 57.7 Å². The molecule has 2 atom stereocenters. The van der Waals surface area contributed by atoms with Crippen molar-refractivity contribution >= 4 is 40.1 Å². The summed E-state index contributed by atoms with van der Waals surface area (Å²) in [6, 6.07) is 11.3. The van der Waals surface area contributed by atoms with Gasteiger partial charge in [0, 0.05) is 25.3 Å². The molecule has 1 aromatic heterocycles. The Morgan fingerprint density at radius 3 is 2.47 bits per heavy atom. The third kappa shape index (κ3) is 6.54. The lowest BCUT2D eigenvalue weighted by Gasteiger charge is -2.30. The van der Waals surface area contributed by atoms with E-state index >= 15 is 0 Å². The number of ether oxygens (including phenoxy) is 1. The molecule has 0 fully saturated rings. The highest BCUT2D eigenvalue weighted by Gasteiger charge is 2.33. The van der Waals surface area contributed by atoms with Crippen molar-refractivity contribution in [1.29, 1.82) is 0 Å². The molecule has 2 aromatic carbocycles. The Morgan fingerprint density at radius 2 is 1.82 bits per heavy atom. The standard InChI is InChI=1S/C25H29N3O5S/c1-25(2,3)33-24(32)27-20(12-17-10-7-9-16-8-5-6-11-19(16)17)22(29)28(4)21(23(30)31)13-18-14-34-15-26-18/h5-11,14-15,20-21H,12-13H2,1-4H3,(H,27,32)(H,30,31)/t20-,21?/m0/s1. The number of thiazole rings is 1. The largest absolute Gasteiger partial charge is 0.480 e. The third-order valence-electron chi connectivity index (χ3n) is 5.28. The first-order valence-electron chi connectivity index (χ1n) is 10.9. The number of aliphatic carboxylic acids is 1. The second-order valence-corrected chi connectivity index (χ2v) is 9.75. The maximum Gasteiger partial charge on any atom is 0.408 e. The molecule has 34 heavy (non-hydrogen) atoms. The molecule has 0 saturated carbocycles. The van der Waals surface area contributed by atoms with Crippen molar-refractivity contribution in [2.75, 3.05) is 7.05 Å². The van der Waals surface area contributed by atoms with Crippen LogP contribution in [0.5, 0.6) is 0 Å². The number of amides is 2. The molecule has 0 spiro atoms. The number of nitrogens with zero attached hydrogens (tertiary/aromatic N) is 2. The molecule has 0 aliphatic rings. The molecule has 0 bridgehead atoms. The van der Waals surface area contributed by atoms with Gasteiger partial charge in [0.15, 0.2) is 0 Å². The van der Waals surface area contributed by atoms with E-state index in [1.54, 1.807) is 31.7 Å². The number of alkyl carbamates (subject to hydrolysis) is 1. The Bertz CT molecular complexity index is 1150. The number of hydrogen-bond donors (Lipinski definition) is 2. The quantitative estimate of drug-likeness (QED) is 0.503. The molecule has 0 radical (unpaired) electrons. The zero-order valence-corrected chi connectivity index (χ0v) is 20.5. The lowest BCUT2D eigenvalue weighted by Crippen LogP contribution is -2.54. The van der Waals surface area contributed by atoms with Crippen molar-refractivity contribution < 1.29 is 24.2 Å². The number of fused-ring (bicyclic) bond motifs is 1. The van der Waals surface area contributed by atoms with Crippen molar-refractivity contribution in [1.82, 2.24) is 15.2 Å². The number of carbonyl (C=O) groups excluding carboxylic acids is 2. The molecular formula is C25H29N3O5S. The third-order valence-corrected chi connectivity index (χ3v) is 5.91. The van der Waals surface area contributed by atoms with E-state index in [1.807, 2.05) is 42.5 Å². The second kappa shape index (κ2) is 10.6. The smallest absolute Gasteiger partial charge is 0.408 e. The molecule has 0 aliphatic heterocycles. The van der Waals surface area contributed by atoms with Gasteiger partial charge in [0.1, 0.15) is 17.7 Å². The van der Waals surface area contributed by atoms with Crippen LogP contribution in [0.3, 0.4) is 0 Å². The van der Waals surface area contributed by atoms with Gasteiger partial charge in [0.25, 0.3) is 0 Å². The summed E-state index contributed by atoms with van der Waals surface area (Å²) in [5.41, 5.74) is 2.30. The van der Waals surface area contributed by atoms with E-state index in [0.717, 1.165) is 21.2 Å². The Hall–Kier alpha value is -3.46. The Morgan fingerprint density at radius 1 is 1.12 bits per heavy atom.